The molecule has 0 fully saturated rings. The van der Waals surface area contributed by atoms with E-state index in [1.54, 1.807) is 0 Å². The molecule has 0 atom stereocenters. The predicted molar refractivity (Wildman–Crippen MR) is 82.8 cm³/mol. The number of nitrogens with one attached hydrogen (secondary N) is 1. The molecule has 0 saturated heterocycles. The fraction of sp³-hybridized carbons (Fsp3) is 0.333. The van der Waals surface area contributed by atoms with Gasteiger partial charge < -0.3 is 5.32 Å². The first-order valence-electron chi connectivity index (χ1n) is 6.60. The Morgan fingerprint density at radius 1 is 1.16 bits per heavy atom. The van der Waals surface area contributed by atoms with E-state index in [0.717, 1.165) is 41.2 Å². The van der Waals surface area contributed by atoms with Crippen molar-refractivity contribution in [3.8, 4) is 0 Å². The lowest BCUT2D eigenvalue weighted by molar-refractivity contribution is 0.831. The van der Waals surface area contributed by atoms with Crippen LogP contribution in [0.2, 0.25) is 0 Å². The summed E-state index contributed by atoms with van der Waals surface area (Å²) in [6, 6.07) is 10.3. The summed E-state index contributed by atoms with van der Waals surface area (Å²) >= 11 is 3.43. The number of aromatic nitrogens is 2. The lowest BCUT2D eigenvalue weighted by Gasteiger charge is -2.09. The summed E-state index contributed by atoms with van der Waals surface area (Å²) in [7, 11) is 0. The molecule has 0 radical (unpaired) electrons. The van der Waals surface area contributed by atoms with Crippen LogP contribution >= 0.6 is 15.9 Å². The van der Waals surface area contributed by atoms with E-state index in [4.69, 9.17) is 0 Å². The van der Waals surface area contributed by atoms with Crippen molar-refractivity contribution in [2.75, 3.05) is 5.32 Å². The van der Waals surface area contributed by atoms with Gasteiger partial charge in [-0.3, -0.25) is 0 Å². The van der Waals surface area contributed by atoms with Gasteiger partial charge in [-0.15, -0.1) is 0 Å². The van der Waals surface area contributed by atoms with E-state index >= 15 is 0 Å². The van der Waals surface area contributed by atoms with Gasteiger partial charge in [0.2, 0.25) is 0 Å². The fourth-order valence-corrected chi connectivity index (χ4v) is 2.30. The molecule has 3 nitrogen and oxygen atoms in total. The van der Waals surface area contributed by atoms with Gasteiger partial charge in [-0.25, -0.2) is 9.97 Å². The molecule has 0 spiro atoms. The molecule has 0 bridgehead atoms. The smallest absolute Gasteiger partial charge is 0.135 e. The van der Waals surface area contributed by atoms with Crippen molar-refractivity contribution in [3.05, 3.63) is 46.3 Å². The minimum absolute atomic E-state index is 0.820. The number of nitrogens with zero attached hydrogens (tertiary/aromatic N) is 2. The van der Waals surface area contributed by atoms with Crippen molar-refractivity contribution in [1.82, 2.24) is 9.97 Å². The molecular weight excluding hydrogens is 302 g/mol. The third kappa shape index (κ3) is 4.03. The Balaban J connectivity index is 2.22. The average Bonchev–Trinajstić information content (AvgIpc) is 2.38. The van der Waals surface area contributed by atoms with E-state index in [9.17, 15) is 0 Å². The fourth-order valence-electron chi connectivity index (χ4n) is 1.88. The highest BCUT2D eigenvalue weighted by atomic mass is 79.9. The minimum Gasteiger partial charge on any atom is -0.340 e. The molecule has 2 rings (SSSR count). The van der Waals surface area contributed by atoms with Crippen LogP contribution in [0, 0.1) is 0 Å². The molecule has 1 aromatic heterocycles. The highest BCUT2D eigenvalue weighted by Gasteiger charge is 2.03. The molecule has 0 aliphatic heterocycles. The Morgan fingerprint density at radius 2 is 2.00 bits per heavy atom. The lowest BCUT2D eigenvalue weighted by Crippen LogP contribution is -2.00. The maximum atomic E-state index is 4.52. The summed E-state index contributed by atoms with van der Waals surface area (Å²) in [5.74, 6) is 1.70. The summed E-state index contributed by atoms with van der Waals surface area (Å²) in [6.07, 6.45) is 2.97. The van der Waals surface area contributed by atoms with Crippen LogP contribution in [-0.2, 0) is 12.8 Å². The Bertz CT molecular complexity index is 555. The van der Waals surface area contributed by atoms with Crippen LogP contribution in [0.15, 0.2) is 34.9 Å². The minimum atomic E-state index is 0.820. The average molecular weight is 320 g/mol. The summed E-state index contributed by atoms with van der Waals surface area (Å²) in [4.78, 5) is 8.89. The zero-order valence-electron chi connectivity index (χ0n) is 11.3. The second-order valence-electron chi connectivity index (χ2n) is 4.42. The van der Waals surface area contributed by atoms with Crippen molar-refractivity contribution in [3.63, 3.8) is 0 Å². The topological polar surface area (TPSA) is 37.8 Å². The molecule has 1 N–H and O–H groups in total. The third-order valence-electron chi connectivity index (χ3n) is 2.82. The number of benzene rings is 1. The van der Waals surface area contributed by atoms with E-state index < -0.39 is 0 Å². The van der Waals surface area contributed by atoms with Gasteiger partial charge in [-0.2, -0.15) is 0 Å². The van der Waals surface area contributed by atoms with Gasteiger partial charge in [0.1, 0.15) is 16.2 Å². The molecule has 4 heteroatoms. The number of rotatable bonds is 5. The van der Waals surface area contributed by atoms with Crippen molar-refractivity contribution >= 4 is 27.4 Å². The van der Waals surface area contributed by atoms with Gasteiger partial charge >= 0.3 is 0 Å². The number of hydrogen-bond acceptors (Lipinski definition) is 3. The van der Waals surface area contributed by atoms with Crippen LogP contribution in [0.3, 0.4) is 0 Å². The van der Waals surface area contributed by atoms with Gasteiger partial charge in [0, 0.05) is 18.2 Å². The molecule has 1 heterocycles. The Morgan fingerprint density at radius 3 is 2.74 bits per heavy atom. The van der Waals surface area contributed by atoms with Crippen LogP contribution in [0.25, 0.3) is 0 Å². The molecule has 2 aromatic rings. The Kier molecular flexibility index (Phi) is 4.91. The van der Waals surface area contributed by atoms with E-state index in [2.05, 4.69) is 69.3 Å². The van der Waals surface area contributed by atoms with Crippen LogP contribution in [0.1, 0.15) is 31.7 Å². The first-order valence-corrected chi connectivity index (χ1v) is 7.40. The molecule has 1 aromatic carbocycles. The van der Waals surface area contributed by atoms with Crippen LogP contribution < -0.4 is 5.32 Å². The number of aryl methyl sites for hydroxylation is 2. The quantitative estimate of drug-likeness (QED) is 0.825. The van der Waals surface area contributed by atoms with Crippen molar-refractivity contribution < 1.29 is 0 Å². The Labute approximate surface area is 122 Å². The largest absolute Gasteiger partial charge is 0.340 e. The number of anilines is 2. The summed E-state index contributed by atoms with van der Waals surface area (Å²) in [5.41, 5.74) is 2.37. The van der Waals surface area contributed by atoms with E-state index in [-0.39, 0.29) is 0 Å². The molecular formula is C15H18BrN3. The number of hydrogen-bond donors (Lipinski definition) is 1. The zero-order chi connectivity index (χ0) is 13.7. The molecule has 0 saturated carbocycles. The molecule has 19 heavy (non-hydrogen) atoms. The molecule has 100 valence electrons. The summed E-state index contributed by atoms with van der Waals surface area (Å²) < 4.78 is 0.820. The second-order valence-corrected chi connectivity index (χ2v) is 5.23. The van der Waals surface area contributed by atoms with Gasteiger partial charge in [0.25, 0.3) is 0 Å². The number of halogens is 1. The Hall–Kier alpha value is -1.42. The first-order chi connectivity index (χ1) is 9.21. The van der Waals surface area contributed by atoms with Gasteiger partial charge in [-0.05, 0) is 46.5 Å². The normalized spacial score (nSPS) is 10.5. The van der Waals surface area contributed by atoms with Crippen molar-refractivity contribution in [2.45, 2.75) is 33.1 Å². The van der Waals surface area contributed by atoms with E-state index in [1.165, 1.54) is 5.56 Å². The highest BCUT2D eigenvalue weighted by molar-refractivity contribution is 9.10. The molecule has 0 unspecified atom stereocenters. The zero-order valence-corrected chi connectivity index (χ0v) is 12.9. The van der Waals surface area contributed by atoms with Crippen molar-refractivity contribution in [2.24, 2.45) is 0 Å². The van der Waals surface area contributed by atoms with E-state index in [1.807, 2.05) is 6.07 Å². The van der Waals surface area contributed by atoms with Crippen LogP contribution in [0.4, 0.5) is 11.5 Å². The van der Waals surface area contributed by atoms with Gasteiger partial charge in [0.05, 0.1) is 0 Å². The summed E-state index contributed by atoms with van der Waals surface area (Å²) in [5, 5.41) is 3.34. The summed E-state index contributed by atoms with van der Waals surface area (Å²) in [6.45, 7) is 4.28. The van der Waals surface area contributed by atoms with Gasteiger partial charge in [-0.1, -0.05) is 26.0 Å². The van der Waals surface area contributed by atoms with Crippen LogP contribution in [-0.4, -0.2) is 9.97 Å². The molecule has 0 aliphatic carbocycles. The lowest BCUT2D eigenvalue weighted by atomic mass is 10.1. The van der Waals surface area contributed by atoms with E-state index in [0.29, 0.717) is 0 Å². The van der Waals surface area contributed by atoms with Crippen molar-refractivity contribution in [1.29, 1.82) is 0 Å². The predicted octanol–water partition coefficient (Wildman–Crippen LogP) is 4.50. The monoisotopic (exact) mass is 319 g/mol. The SMILES string of the molecule is CCCc1nc(Br)cc(Nc2cccc(CC)c2)n1. The first kappa shape index (κ1) is 14.0. The van der Waals surface area contributed by atoms with Crippen LogP contribution in [0.5, 0.6) is 0 Å². The second kappa shape index (κ2) is 6.66. The molecule has 0 aliphatic rings. The third-order valence-corrected chi connectivity index (χ3v) is 3.23. The maximum Gasteiger partial charge on any atom is 0.135 e. The highest BCUT2D eigenvalue weighted by Crippen LogP contribution is 2.19. The molecule has 0 amide bonds. The maximum absolute atomic E-state index is 4.52. The standard InChI is InChI=1S/C15H18BrN3/c1-3-6-14-18-13(16)10-15(19-14)17-12-8-5-7-11(4-2)9-12/h5,7-10H,3-4,6H2,1-2H3,(H,17,18,19). The van der Waals surface area contributed by atoms with Gasteiger partial charge in [0.15, 0.2) is 0 Å².